The van der Waals surface area contributed by atoms with Gasteiger partial charge in [0.15, 0.2) is 0 Å². The van der Waals surface area contributed by atoms with Crippen LogP contribution in [0.1, 0.15) is 38.2 Å². The lowest BCUT2D eigenvalue weighted by atomic mass is 9.86. The summed E-state index contributed by atoms with van der Waals surface area (Å²) in [5.74, 6) is 2.01. The molecule has 5 nitrogen and oxygen atoms in total. The highest BCUT2D eigenvalue weighted by Crippen LogP contribution is 2.30. The van der Waals surface area contributed by atoms with Crippen molar-refractivity contribution >= 4 is 5.91 Å². The zero-order valence-corrected chi connectivity index (χ0v) is 17.0. The minimum absolute atomic E-state index is 0.0771. The summed E-state index contributed by atoms with van der Waals surface area (Å²) in [4.78, 5) is 17.9. The number of hydrogen-bond donors (Lipinski definition) is 0. The van der Waals surface area contributed by atoms with Crippen molar-refractivity contribution in [3.63, 3.8) is 0 Å². The molecule has 0 aromatic heterocycles. The zero-order valence-electron chi connectivity index (χ0n) is 17.0. The van der Waals surface area contributed by atoms with E-state index in [1.807, 2.05) is 24.3 Å². The van der Waals surface area contributed by atoms with Crippen LogP contribution in [0.4, 0.5) is 0 Å². The van der Waals surface area contributed by atoms with Crippen molar-refractivity contribution < 1.29 is 14.3 Å². The Hall–Kier alpha value is -1.59. The van der Waals surface area contributed by atoms with Gasteiger partial charge in [-0.2, -0.15) is 0 Å². The molecule has 2 aliphatic heterocycles. The van der Waals surface area contributed by atoms with Gasteiger partial charge in [0.1, 0.15) is 5.75 Å². The number of morpholine rings is 1. The lowest BCUT2D eigenvalue weighted by Crippen LogP contribution is -2.45. The van der Waals surface area contributed by atoms with Gasteiger partial charge >= 0.3 is 0 Å². The van der Waals surface area contributed by atoms with Crippen LogP contribution < -0.4 is 4.74 Å². The van der Waals surface area contributed by atoms with E-state index in [-0.39, 0.29) is 17.7 Å². The van der Waals surface area contributed by atoms with E-state index in [9.17, 15) is 4.79 Å². The van der Waals surface area contributed by atoms with Gasteiger partial charge in [-0.1, -0.05) is 26.0 Å². The molecule has 1 amide bonds. The molecule has 1 aromatic carbocycles. The minimum atomic E-state index is -0.0771. The summed E-state index contributed by atoms with van der Waals surface area (Å²) in [5, 5.41) is 0. The predicted molar refractivity (Wildman–Crippen MR) is 107 cm³/mol. The number of rotatable bonds is 6. The van der Waals surface area contributed by atoms with Gasteiger partial charge in [0.25, 0.3) is 0 Å². The Balaban J connectivity index is 1.57. The molecule has 2 saturated heterocycles. The molecule has 2 fully saturated rings. The molecule has 2 heterocycles. The van der Waals surface area contributed by atoms with Crippen LogP contribution in [0.25, 0.3) is 0 Å². The van der Waals surface area contributed by atoms with Gasteiger partial charge < -0.3 is 14.4 Å². The van der Waals surface area contributed by atoms with Crippen LogP contribution in [0.2, 0.25) is 0 Å². The topological polar surface area (TPSA) is 42.0 Å². The van der Waals surface area contributed by atoms with Crippen LogP contribution in [0.5, 0.6) is 5.75 Å². The van der Waals surface area contributed by atoms with Gasteiger partial charge in [0.05, 0.1) is 26.2 Å². The van der Waals surface area contributed by atoms with Gasteiger partial charge in [-0.3, -0.25) is 9.69 Å². The third kappa shape index (κ3) is 5.23. The van der Waals surface area contributed by atoms with Crippen molar-refractivity contribution in [2.75, 3.05) is 53.0 Å². The molecule has 5 heteroatoms. The van der Waals surface area contributed by atoms with Crippen molar-refractivity contribution in [2.45, 2.75) is 32.6 Å². The van der Waals surface area contributed by atoms with Gasteiger partial charge in [-0.05, 0) is 42.4 Å². The Morgan fingerprint density at radius 1 is 1.11 bits per heavy atom. The second-order valence-corrected chi connectivity index (χ2v) is 8.18. The third-order valence-electron chi connectivity index (χ3n) is 5.95. The van der Waals surface area contributed by atoms with E-state index >= 15 is 0 Å². The SMILES string of the molecule is COc1ccc(C(C(=O)N2CCC(CN3CCOCC3)CC2)C(C)C)cc1. The van der Waals surface area contributed by atoms with Crippen LogP contribution in [-0.4, -0.2) is 68.8 Å². The normalized spacial score (nSPS) is 20.7. The Bertz CT molecular complexity index is 588. The average Bonchev–Trinajstić information content (AvgIpc) is 2.70. The lowest BCUT2D eigenvalue weighted by molar-refractivity contribution is -0.135. The minimum Gasteiger partial charge on any atom is -0.497 e. The maximum atomic E-state index is 13.3. The van der Waals surface area contributed by atoms with E-state index in [4.69, 9.17) is 9.47 Å². The number of amides is 1. The number of nitrogens with zero attached hydrogens (tertiary/aromatic N) is 2. The van der Waals surface area contributed by atoms with E-state index in [1.54, 1.807) is 7.11 Å². The molecule has 27 heavy (non-hydrogen) atoms. The first-order valence-corrected chi connectivity index (χ1v) is 10.3. The largest absolute Gasteiger partial charge is 0.497 e. The van der Waals surface area contributed by atoms with Crippen LogP contribution in [0.3, 0.4) is 0 Å². The summed E-state index contributed by atoms with van der Waals surface area (Å²) in [6.45, 7) is 11.0. The average molecular weight is 375 g/mol. The molecule has 1 aromatic rings. The molecule has 0 bridgehead atoms. The van der Waals surface area contributed by atoms with Crippen LogP contribution in [0.15, 0.2) is 24.3 Å². The number of methoxy groups -OCH3 is 1. The van der Waals surface area contributed by atoms with E-state index in [1.165, 1.54) is 0 Å². The van der Waals surface area contributed by atoms with E-state index in [2.05, 4.69) is 23.6 Å². The molecule has 3 rings (SSSR count). The van der Waals surface area contributed by atoms with Crippen LogP contribution in [-0.2, 0) is 9.53 Å². The van der Waals surface area contributed by atoms with Crippen molar-refractivity contribution in [1.82, 2.24) is 9.80 Å². The fourth-order valence-corrected chi connectivity index (χ4v) is 4.31. The van der Waals surface area contributed by atoms with E-state index in [0.717, 1.165) is 70.1 Å². The van der Waals surface area contributed by atoms with E-state index in [0.29, 0.717) is 5.92 Å². The van der Waals surface area contributed by atoms with Gasteiger partial charge in [0.2, 0.25) is 5.91 Å². The summed E-state index contributed by atoms with van der Waals surface area (Å²) in [5.41, 5.74) is 1.09. The van der Waals surface area contributed by atoms with E-state index < -0.39 is 0 Å². The van der Waals surface area contributed by atoms with Crippen molar-refractivity contribution in [2.24, 2.45) is 11.8 Å². The molecule has 0 N–H and O–H groups in total. The lowest BCUT2D eigenvalue weighted by Gasteiger charge is -2.38. The Kier molecular flexibility index (Phi) is 7.13. The molecule has 0 spiro atoms. The number of carbonyl (C=O) groups is 1. The molecular weight excluding hydrogens is 340 g/mol. The second kappa shape index (κ2) is 9.56. The maximum Gasteiger partial charge on any atom is 0.230 e. The zero-order chi connectivity index (χ0) is 19.2. The van der Waals surface area contributed by atoms with Crippen molar-refractivity contribution in [1.29, 1.82) is 0 Å². The smallest absolute Gasteiger partial charge is 0.230 e. The monoisotopic (exact) mass is 374 g/mol. The molecule has 0 aliphatic carbocycles. The molecular formula is C22H34N2O3. The molecule has 150 valence electrons. The number of piperidine rings is 1. The summed E-state index contributed by atoms with van der Waals surface area (Å²) in [6.07, 6.45) is 2.22. The van der Waals surface area contributed by atoms with Crippen LogP contribution >= 0.6 is 0 Å². The number of ether oxygens (including phenoxy) is 2. The van der Waals surface area contributed by atoms with Crippen LogP contribution in [0, 0.1) is 11.8 Å². The second-order valence-electron chi connectivity index (χ2n) is 8.18. The fourth-order valence-electron chi connectivity index (χ4n) is 4.31. The highest BCUT2D eigenvalue weighted by Gasteiger charge is 2.31. The molecule has 1 atom stereocenters. The highest BCUT2D eigenvalue weighted by atomic mass is 16.5. The number of likely N-dealkylation sites (tertiary alicyclic amines) is 1. The Labute approximate surface area is 163 Å². The number of hydrogen-bond acceptors (Lipinski definition) is 4. The summed E-state index contributed by atoms with van der Waals surface area (Å²) >= 11 is 0. The maximum absolute atomic E-state index is 13.3. The first-order valence-electron chi connectivity index (χ1n) is 10.3. The summed E-state index contributed by atoms with van der Waals surface area (Å²) in [6, 6.07) is 7.97. The Morgan fingerprint density at radius 3 is 2.30 bits per heavy atom. The number of carbonyl (C=O) groups excluding carboxylic acids is 1. The first kappa shape index (κ1) is 20.2. The third-order valence-corrected chi connectivity index (χ3v) is 5.95. The standard InChI is InChI=1S/C22H34N2O3/c1-17(2)21(19-4-6-20(26-3)7-5-19)22(25)24-10-8-18(9-11-24)16-23-12-14-27-15-13-23/h4-7,17-18,21H,8-16H2,1-3H3. The quantitative estimate of drug-likeness (QED) is 0.768. The van der Waals surface area contributed by atoms with Gasteiger partial charge in [0, 0.05) is 32.7 Å². The summed E-state index contributed by atoms with van der Waals surface area (Å²) < 4.78 is 10.7. The van der Waals surface area contributed by atoms with Gasteiger partial charge in [-0.25, -0.2) is 0 Å². The highest BCUT2D eigenvalue weighted by molar-refractivity contribution is 5.84. The van der Waals surface area contributed by atoms with Gasteiger partial charge in [-0.15, -0.1) is 0 Å². The Morgan fingerprint density at radius 2 is 1.74 bits per heavy atom. The molecule has 2 aliphatic rings. The molecule has 0 saturated carbocycles. The predicted octanol–water partition coefficient (Wildman–Crippen LogP) is 3.01. The van der Waals surface area contributed by atoms with Crippen molar-refractivity contribution in [3.8, 4) is 5.75 Å². The number of benzene rings is 1. The first-order chi connectivity index (χ1) is 13.1. The molecule has 0 radical (unpaired) electrons. The molecule has 1 unspecified atom stereocenters. The van der Waals surface area contributed by atoms with Crippen molar-refractivity contribution in [3.05, 3.63) is 29.8 Å². The fraction of sp³-hybridized carbons (Fsp3) is 0.682. The summed E-state index contributed by atoms with van der Waals surface area (Å²) in [7, 11) is 1.67.